The summed E-state index contributed by atoms with van der Waals surface area (Å²) in [5, 5.41) is 0. The van der Waals surface area contributed by atoms with Crippen molar-refractivity contribution in [2.45, 2.75) is 20.3 Å². The Balaban J connectivity index is 2.29. The molecule has 0 saturated heterocycles. The zero-order chi connectivity index (χ0) is 15.5. The normalized spacial score (nSPS) is 19.7. The lowest BCUT2D eigenvalue weighted by Crippen LogP contribution is -1.93. The first kappa shape index (κ1) is 16.9. The lowest BCUT2D eigenvalue weighted by molar-refractivity contribution is 0.543. The lowest BCUT2D eigenvalue weighted by atomic mass is 9.98. The van der Waals surface area contributed by atoms with Gasteiger partial charge in [-0.3, -0.25) is 0 Å². The lowest BCUT2D eigenvalue weighted by Gasteiger charge is -2.11. The molecule has 21 heavy (non-hydrogen) atoms. The van der Waals surface area contributed by atoms with Gasteiger partial charge in [-0.25, -0.2) is 2.51 Å². The zero-order valence-electron chi connectivity index (χ0n) is 12.1. The Bertz CT molecular complexity index is 731. The van der Waals surface area contributed by atoms with Gasteiger partial charge >= 0.3 is 0 Å². The molecule has 0 atom stereocenters. The molecule has 1 aromatic carbocycles. The van der Waals surface area contributed by atoms with Crippen LogP contribution in [0.4, 0.5) is 0 Å². The highest BCUT2D eigenvalue weighted by Crippen LogP contribution is 2.38. The maximum atomic E-state index is 11.1. The molecular formula is C15H17IO3S2. The van der Waals surface area contributed by atoms with Gasteiger partial charge in [-0.2, -0.15) is 8.42 Å². The van der Waals surface area contributed by atoms with Crippen molar-refractivity contribution >= 4 is 51.4 Å². The minimum atomic E-state index is -3.35. The van der Waals surface area contributed by atoms with Gasteiger partial charge in [-0.1, -0.05) is 43.0 Å². The third-order valence-corrected chi connectivity index (χ3v) is 8.52. The molecule has 6 heteroatoms. The van der Waals surface area contributed by atoms with Crippen molar-refractivity contribution in [2.24, 2.45) is 0 Å². The van der Waals surface area contributed by atoms with Crippen molar-refractivity contribution in [3.63, 3.8) is 0 Å². The summed E-state index contributed by atoms with van der Waals surface area (Å²) in [5.41, 5.74) is 3.81. The van der Waals surface area contributed by atoms with Gasteiger partial charge in [0, 0.05) is 4.91 Å². The van der Waals surface area contributed by atoms with Gasteiger partial charge in [0.05, 0.1) is 30.2 Å². The molecule has 0 N–H and O–H groups in total. The van der Waals surface area contributed by atoms with E-state index in [4.69, 9.17) is 2.51 Å². The van der Waals surface area contributed by atoms with E-state index in [0.717, 1.165) is 15.5 Å². The van der Waals surface area contributed by atoms with Crippen LogP contribution in [-0.4, -0.2) is 17.5 Å². The number of benzene rings is 1. The Hall–Kier alpha value is -0.440. The Morgan fingerprint density at radius 1 is 1.29 bits per heavy atom. The van der Waals surface area contributed by atoms with Crippen LogP contribution < -0.4 is 0 Å². The SMILES string of the molecule is CC/C(=C1/C=CC(=IOS(C)(=O)=O)S1)c1ccccc1C. The van der Waals surface area contributed by atoms with E-state index in [9.17, 15) is 8.42 Å². The topological polar surface area (TPSA) is 43.4 Å². The summed E-state index contributed by atoms with van der Waals surface area (Å²) in [6.45, 7) is 4.25. The van der Waals surface area contributed by atoms with Gasteiger partial charge in [0.2, 0.25) is 0 Å². The van der Waals surface area contributed by atoms with Crippen molar-refractivity contribution in [1.29, 1.82) is 0 Å². The van der Waals surface area contributed by atoms with Crippen LogP contribution in [0.1, 0.15) is 24.5 Å². The predicted molar refractivity (Wildman–Crippen MR) is 100 cm³/mol. The van der Waals surface area contributed by atoms with Crippen LogP contribution in [-0.2, 0) is 12.6 Å². The maximum absolute atomic E-state index is 11.1. The van der Waals surface area contributed by atoms with E-state index < -0.39 is 31.3 Å². The van der Waals surface area contributed by atoms with Gasteiger partial charge in [0.25, 0.3) is 10.1 Å². The molecular weight excluding hydrogens is 419 g/mol. The summed E-state index contributed by atoms with van der Waals surface area (Å²) < 4.78 is 28.1. The highest BCUT2D eigenvalue weighted by atomic mass is 127. The summed E-state index contributed by atoms with van der Waals surface area (Å²) in [4.78, 5) is 1.19. The van der Waals surface area contributed by atoms with Gasteiger partial charge in [-0.05, 0) is 42.2 Å². The average Bonchev–Trinajstić information content (AvgIpc) is 2.87. The zero-order valence-corrected chi connectivity index (χ0v) is 15.9. The molecule has 0 fully saturated rings. The smallest absolute Gasteiger partial charge is 0.206 e. The van der Waals surface area contributed by atoms with E-state index in [-0.39, 0.29) is 0 Å². The first-order valence-corrected chi connectivity index (χ1v) is 11.1. The molecule has 0 bridgehead atoms. The molecule has 0 unspecified atom stereocenters. The number of thioether (sulfide) groups is 1. The van der Waals surface area contributed by atoms with Crippen LogP contribution in [0.15, 0.2) is 41.3 Å². The Morgan fingerprint density at radius 3 is 2.62 bits per heavy atom. The number of hydrogen-bond donors (Lipinski definition) is 0. The first-order chi connectivity index (χ1) is 9.90. The van der Waals surface area contributed by atoms with E-state index in [1.165, 1.54) is 21.6 Å². The second-order valence-electron chi connectivity index (χ2n) is 4.60. The van der Waals surface area contributed by atoms with Crippen molar-refractivity contribution in [2.75, 3.05) is 6.26 Å². The highest BCUT2D eigenvalue weighted by molar-refractivity contribution is 14.2. The molecule has 0 amide bonds. The second kappa shape index (κ2) is 7.21. The molecule has 1 aromatic rings. The molecule has 0 aliphatic carbocycles. The fourth-order valence-corrected chi connectivity index (χ4v) is 6.42. The van der Waals surface area contributed by atoms with Gasteiger partial charge in [-0.15, -0.1) is 0 Å². The van der Waals surface area contributed by atoms with Crippen molar-refractivity contribution in [3.05, 3.63) is 52.4 Å². The van der Waals surface area contributed by atoms with E-state index in [2.05, 4.69) is 32.1 Å². The minimum Gasteiger partial charge on any atom is -0.206 e. The first-order valence-electron chi connectivity index (χ1n) is 6.46. The summed E-state index contributed by atoms with van der Waals surface area (Å²) >= 11 is 0.698. The largest absolute Gasteiger partial charge is 0.273 e. The average molecular weight is 436 g/mol. The van der Waals surface area contributed by atoms with Crippen molar-refractivity contribution in [3.8, 4) is 0 Å². The molecule has 0 aromatic heterocycles. The molecule has 2 rings (SSSR count). The summed E-state index contributed by atoms with van der Waals surface area (Å²) in [6, 6.07) is 8.33. The van der Waals surface area contributed by atoms with Crippen molar-refractivity contribution in [1.82, 2.24) is 0 Å². The van der Waals surface area contributed by atoms with Crippen LogP contribution >= 0.6 is 32.9 Å². The van der Waals surface area contributed by atoms with E-state index in [0.29, 0.717) is 0 Å². The molecule has 0 spiro atoms. The molecule has 0 radical (unpaired) electrons. The number of aryl methyl sites for hydroxylation is 1. The summed E-state index contributed by atoms with van der Waals surface area (Å²) in [5.74, 6) is 0. The highest BCUT2D eigenvalue weighted by Gasteiger charge is 2.15. The molecule has 114 valence electrons. The van der Waals surface area contributed by atoms with Gasteiger partial charge in [0.15, 0.2) is 0 Å². The third kappa shape index (κ3) is 4.77. The fraction of sp³-hybridized carbons (Fsp3) is 0.267. The Labute approximate surface area is 140 Å². The molecule has 0 saturated carbocycles. The Kier molecular flexibility index (Phi) is 5.81. The van der Waals surface area contributed by atoms with E-state index in [1.807, 2.05) is 18.2 Å². The van der Waals surface area contributed by atoms with Crippen molar-refractivity contribution < 1.29 is 10.9 Å². The third-order valence-electron chi connectivity index (χ3n) is 2.92. The van der Waals surface area contributed by atoms with Crippen LogP contribution in [0.25, 0.3) is 5.57 Å². The molecule has 1 aliphatic heterocycles. The summed E-state index contributed by atoms with van der Waals surface area (Å²) in [7, 11) is -3.35. The monoisotopic (exact) mass is 436 g/mol. The van der Waals surface area contributed by atoms with Crippen LogP contribution in [0.2, 0.25) is 0 Å². The fourth-order valence-electron chi connectivity index (χ4n) is 2.02. The van der Waals surface area contributed by atoms with Gasteiger partial charge < -0.3 is 0 Å². The molecule has 1 heterocycles. The van der Waals surface area contributed by atoms with E-state index in [1.54, 1.807) is 11.8 Å². The molecule has 1 aliphatic rings. The number of rotatable bonds is 4. The van der Waals surface area contributed by atoms with E-state index >= 15 is 0 Å². The molecule has 3 nitrogen and oxygen atoms in total. The van der Waals surface area contributed by atoms with Crippen LogP contribution in [0.3, 0.4) is 0 Å². The maximum Gasteiger partial charge on any atom is 0.273 e. The van der Waals surface area contributed by atoms with Crippen LogP contribution in [0.5, 0.6) is 0 Å². The number of hydrogen-bond acceptors (Lipinski definition) is 4. The standard InChI is InChI=1S/C15H17IO3S2/c1-4-12(13-8-6-5-7-11(13)2)14-9-10-15(20-14)16-19-21(3,17)18/h5-10H,4H2,1-3H3/b14-12+. The minimum absolute atomic E-state index is 0.934. The summed E-state index contributed by atoms with van der Waals surface area (Å²) in [6.07, 6.45) is 6.08. The quantitative estimate of drug-likeness (QED) is 0.656. The number of halogens is 1. The van der Waals surface area contributed by atoms with Crippen LogP contribution in [0, 0.1) is 6.92 Å². The Morgan fingerprint density at radius 2 is 2.00 bits per heavy atom. The predicted octanol–water partition coefficient (Wildman–Crippen LogP) is 4.41. The number of allylic oxidation sites excluding steroid dienone is 2. The second-order valence-corrected chi connectivity index (χ2v) is 10.6. The van der Waals surface area contributed by atoms with Gasteiger partial charge in [0.1, 0.15) is 0 Å².